The molecular formula is C38H45N9O7. The highest BCUT2D eigenvalue weighted by Crippen LogP contribution is 2.37. The Morgan fingerprint density at radius 1 is 0.759 bits per heavy atom. The zero-order valence-electron chi connectivity index (χ0n) is 30.3. The molecule has 0 bridgehead atoms. The third kappa shape index (κ3) is 11.3. The number of aliphatic hydroxyl groups excluding tert-OH is 1. The van der Waals surface area contributed by atoms with Crippen LogP contribution in [0.5, 0.6) is 0 Å². The number of benzene rings is 3. The van der Waals surface area contributed by atoms with E-state index in [1.807, 2.05) is 56.3 Å². The van der Waals surface area contributed by atoms with E-state index in [9.17, 15) is 28.8 Å². The molecule has 0 spiro atoms. The number of hydrogen-bond donors (Lipinski definition) is 8. The van der Waals surface area contributed by atoms with E-state index in [1.54, 1.807) is 35.2 Å². The molecule has 6 amide bonds. The van der Waals surface area contributed by atoms with Gasteiger partial charge in [-0.15, -0.1) is 0 Å². The molecule has 0 aromatic heterocycles. The normalized spacial score (nSPS) is 13.9. The van der Waals surface area contributed by atoms with Crippen molar-refractivity contribution in [3.8, 4) is 0 Å². The number of hydrogen-bond acceptors (Lipinski definition) is 10. The summed E-state index contributed by atoms with van der Waals surface area (Å²) < 4.78 is 0. The summed E-state index contributed by atoms with van der Waals surface area (Å²) >= 11 is 0. The minimum Gasteiger partial charge on any atom is -0.392 e. The SMILES string of the molecule is CC(C)N/C1=C(\N=N)c2ccccc2CN(C(=O)CCC(=O)NCC(=O)NCC(=O)NCC(=O)N[C@@H](C)C(=O)Nc2ccc(CO)cc2)c2ccccc21. The lowest BCUT2D eigenvalue weighted by Crippen LogP contribution is -2.47. The highest BCUT2D eigenvalue weighted by molar-refractivity contribution is 6.02. The predicted octanol–water partition coefficient (Wildman–Crippen LogP) is 2.15. The van der Waals surface area contributed by atoms with Gasteiger partial charge in [-0.2, -0.15) is 5.11 Å². The first-order chi connectivity index (χ1) is 25.9. The molecule has 4 rings (SSSR count). The van der Waals surface area contributed by atoms with E-state index in [0.717, 1.165) is 5.56 Å². The van der Waals surface area contributed by atoms with Crippen LogP contribution < -0.4 is 36.8 Å². The summed E-state index contributed by atoms with van der Waals surface area (Å²) in [7, 11) is 0. The maximum absolute atomic E-state index is 13.7. The van der Waals surface area contributed by atoms with Gasteiger partial charge in [0.25, 0.3) is 0 Å². The highest BCUT2D eigenvalue weighted by atomic mass is 16.3. The molecule has 1 aliphatic heterocycles. The lowest BCUT2D eigenvalue weighted by molar-refractivity contribution is -0.129. The van der Waals surface area contributed by atoms with Crippen LogP contribution in [0.1, 0.15) is 55.9 Å². The zero-order valence-corrected chi connectivity index (χ0v) is 30.3. The fraction of sp³-hybridized carbons (Fsp3) is 0.316. The molecule has 0 saturated heterocycles. The Labute approximate surface area is 312 Å². The van der Waals surface area contributed by atoms with Crippen LogP contribution >= 0.6 is 0 Å². The zero-order chi connectivity index (χ0) is 39.2. The maximum Gasteiger partial charge on any atom is 0.246 e. The highest BCUT2D eigenvalue weighted by Gasteiger charge is 2.28. The largest absolute Gasteiger partial charge is 0.392 e. The lowest BCUT2D eigenvalue weighted by Gasteiger charge is -2.31. The number of anilines is 2. The molecule has 3 aromatic rings. The molecule has 0 unspecified atom stereocenters. The van der Waals surface area contributed by atoms with Gasteiger partial charge >= 0.3 is 0 Å². The van der Waals surface area contributed by atoms with E-state index in [0.29, 0.717) is 39.5 Å². The number of amides is 6. The van der Waals surface area contributed by atoms with E-state index in [4.69, 9.17) is 10.6 Å². The third-order valence-electron chi connectivity index (χ3n) is 8.23. The van der Waals surface area contributed by atoms with E-state index in [2.05, 4.69) is 37.0 Å². The number of rotatable bonds is 16. The number of nitrogens with zero attached hydrogens (tertiary/aromatic N) is 2. The molecule has 16 nitrogen and oxygen atoms in total. The topological polar surface area (TPSA) is 234 Å². The van der Waals surface area contributed by atoms with E-state index < -0.39 is 55.2 Å². The third-order valence-corrected chi connectivity index (χ3v) is 8.23. The average molecular weight is 740 g/mol. The predicted molar refractivity (Wildman–Crippen MR) is 201 cm³/mol. The number of carbonyl (C=O) groups excluding carboxylic acids is 6. The van der Waals surface area contributed by atoms with Crippen molar-refractivity contribution in [2.75, 3.05) is 29.9 Å². The summed E-state index contributed by atoms with van der Waals surface area (Å²) in [6, 6.07) is 20.3. The molecule has 8 N–H and O–H groups in total. The fourth-order valence-electron chi connectivity index (χ4n) is 5.51. The Kier molecular flexibility index (Phi) is 14.5. The molecule has 16 heteroatoms. The van der Waals surface area contributed by atoms with Crippen LogP contribution in [0.2, 0.25) is 0 Å². The molecule has 1 atom stereocenters. The minimum atomic E-state index is -0.914. The first-order valence-electron chi connectivity index (χ1n) is 17.4. The van der Waals surface area contributed by atoms with Crippen LogP contribution in [0.15, 0.2) is 77.9 Å². The van der Waals surface area contributed by atoms with Crippen LogP contribution in [0.3, 0.4) is 0 Å². The van der Waals surface area contributed by atoms with Crippen molar-refractivity contribution < 1.29 is 33.9 Å². The van der Waals surface area contributed by atoms with Crippen molar-refractivity contribution in [2.24, 2.45) is 5.11 Å². The van der Waals surface area contributed by atoms with E-state index in [-0.39, 0.29) is 37.9 Å². The van der Waals surface area contributed by atoms with Crippen LogP contribution in [-0.2, 0) is 41.9 Å². The van der Waals surface area contributed by atoms with Gasteiger partial charge in [0.2, 0.25) is 35.4 Å². The molecule has 0 fully saturated rings. The summed E-state index contributed by atoms with van der Waals surface area (Å²) in [4.78, 5) is 77.1. The minimum absolute atomic E-state index is 0.00191. The standard InChI is InChI=1S/C38H45N9O7/c1-23(2)43-36-29-10-6-7-11-30(29)47(21-26-8-4-5-9-28(26)37(36)46-39)35(53)17-16-31(49)40-18-32(50)41-19-33(51)42-20-34(52)44-24(3)38(54)45-27-14-12-25(22-48)13-15-27/h4-15,23-24,39,43,48H,16-22H2,1-3H3,(H,40,49)(H,41,50)(H,42,51)(H,44,52)(H,45,54)/b37-36-,46-39?/t24-/m0/s1. The van der Waals surface area contributed by atoms with Crippen molar-refractivity contribution in [1.29, 1.82) is 5.53 Å². The smallest absolute Gasteiger partial charge is 0.246 e. The Hall–Kier alpha value is -6.42. The number of carbonyl (C=O) groups is 6. The van der Waals surface area contributed by atoms with Gasteiger partial charge in [0.15, 0.2) is 0 Å². The van der Waals surface area contributed by atoms with Gasteiger partial charge in [0, 0.05) is 35.7 Å². The fourth-order valence-corrected chi connectivity index (χ4v) is 5.51. The van der Waals surface area contributed by atoms with Gasteiger partial charge in [0.05, 0.1) is 44.2 Å². The van der Waals surface area contributed by atoms with Crippen molar-refractivity contribution in [2.45, 2.75) is 58.8 Å². The molecule has 54 heavy (non-hydrogen) atoms. The molecule has 0 aliphatic carbocycles. The van der Waals surface area contributed by atoms with E-state index >= 15 is 0 Å². The lowest BCUT2D eigenvalue weighted by atomic mass is 9.95. The summed E-state index contributed by atoms with van der Waals surface area (Å²) in [6.45, 7) is 4.11. The molecule has 1 heterocycles. The summed E-state index contributed by atoms with van der Waals surface area (Å²) in [6.07, 6.45) is -0.354. The monoisotopic (exact) mass is 739 g/mol. The van der Waals surface area contributed by atoms with Crippen LogP contribution in [0.4, 0.5) is 11.4 Å². The Morgan fingerprint density at radius 2 is 1.35 bits per heavy atom. The quantitative estimate of drug-likeness (QED) is 0.101. The van der Waals surface area contributed by atoms with Gasteiger partial charge in [-0.3, -0.25) is 28.8 Å². The van der Waals surface area contributed by atoms with Crippen LogP contribution in [0.25, 0.3) is 11.4 Å². The number of aliphatic hydroxyl groups is 1. The first kappa shape index (κ1) is 40.4. The van der Waals surface area contributed by atoms with Crippen molar-refractivity contribution >= 4 is 58.2 Å². The van der Waals surface area contributed by atoms with Gasteiger partial charge in [-0.05, 0) is 50.1 Å². The van der Waals surface area contributed by atoms with Gasteiger partial charge in [0.1, 0.15) is 11.7 Å². The van der Waals surface area contributed by atoms with Crippen molar-refractivity contribution in [3.05, 3.63) is 95.1 Å². The number of fused-ring (bicyclic) bond motifs is 2. The number of nitrogens with one attached hydrogen (secondary N) is 7. The summed E-state index contributed by atoms with van der Waals surface area (Å²) in [5.74, 6) is -3.31. The molecule has 0 radical (unpaired) electrons. The maximum atomic E-state index is 13.7. The average Bonchev–Trinajstić information content (AvgIpc) is 3.16. The number of para-hydroxylation sites is 1. The molecule has 3 aromatic carbocycles. The second kappa shape index (κ2) is 19.4. The van der Waals surface area contributed by atoms with Gasteiger partial charge in [-0.1, -0.05) is 54.6 Å². The van der Waals surface area contributed by atoms with Gasteiger partial charge < -0.3 is 41.9 Å². The van der Waals surface area contributed by atoms with Crippen LogP contribution in [0, 0.1) is 5.53 Å². The Bertz CT molecular complexity index is 1910. The van der Waals surface area contributed by atoms with Crippen molar-refractivity contribution in [3.63, 3.8) is 0 Å². The summed E-state index contributed by atoms with van der Waals surface area (Å²) in [5, 5.41) is 28.6. The Morgan fingerprint density at radius 3 is 1.98 bits per heavy atom. The van der Waals surface area contributed by atoms with Crippen molar-refractivity contribution in [1.82, 2.24) is 26.6 Å². The molecule has 284 valence electrons. The van der Waals surface area contributed by atoms with E-state index in [1.165, 1.54) is 6.92 Å². The first-order valence-corrected chi connectivity index (χ1v) is 17.4. The van der Waals surface area contributed by atoms with Gasteiger partial charge in [-0.25, -0.2) is 5.53 Å². The summed E-state index contributed by atoms with van der Waals surface area (Å²) in [5.41, 5.74) is 13.0. The van der Waals surface area contributed by atoms with Crippen LogP contribution in [-0.4, -0.2) is 72.3 Å². The molecule has 0 saturated carbocycles. The second-order valence-electron chi connectivity index (χ2n) is 12.8. The molecule has 1 aliphatic rings. The molecular weight excluding hydrogens is 694 g/mol. The Balaban J connectivity index is 1.22. The second-order valence-corrected chi connectivity index (χ2v) is 12.8.